The SMILES string of the molecule is NCCCN1CCC[C@H](CO)C1. The highest BCUT2D eigenvalue weighted by Gasteiger charge is 2.17. The molecule has 1 rings (SSSR count). The molecule has 1 aliphatic rings. The van der Waals surface area contributed by atoms with Crippen molar-refractivity contribution in [3.05, 3.63) is 0 Å². The van der Waals surface area contributed by atoms with Crippen LogP contribution in [0.3, 0.4) is 0 Å². The maximum Gasteiger partial charge on any atom is 0.0471 e. The highest BCUT2D eigenvalue weighted by Crippen LogP contribution is 2.15. The van der Waals surface area contributed by atoms with E-state index in [-0.39, 0.29) is 0 Å². The van der Waals surface area contributed by atoms with E-state index in [1.165, 1.54) is 19.4 Å². The van der Waals surface area contributed by atoms with Crippen LogP contribution >= 0.6 is 0 Å². The van der Waals surface area contributed by atoms with Crippen molar-refractivity contribution in [3.63, 3.8) is 0 Å². The summed E-state index contributed by atoms with van der Waals surface area (Å²) in [6.45, 7) is 4.49. The molecule has 0 amide bonds. The Morgan fingerprint density at radius 3 is 3.00 bits per heavy atom. The van der Waals surface area contributed by atoms with Crippen LogP contribution in [-0.2, 0) is 0 Å². The summed E-state index contributed by atoms with van der Waals surface area (Å²) in [5.41, 5.74) is 5.44. The van der Waals surface area contributed by atoms with Crippen molar-refractivity contribution in [2.45, 2.75) is 19.3 Å². The topological polar surface area (TPSA) is 49.5 Å². The van der Waals surface area contributed by atoms with Crippen LogP contribution < -0.4 is 5.73 Å². The van der Waals surface area contributed by atoms with Crippen LogP contribution in [0.1, 0.15) is 19.3 Å². The number of rotatable bonds is 4. The number of aliphatic hydroxyl groups excluding tert-OH is 1. The predicted molar refractivity (Wildman–Crippen MR) is 49.9 cm³/mol. The van der Waals surface area contributed by atoms with Crippen molar-refractivity contribution in [2.24, 2.45) is 11.7 Å². The molecule has 12 heavy (non-hydrogen) atoms. The zero-order chi connectivity index (χ0) is 8.81. The fourth-order valence-corrected chi connectivity index (χ4v) is 1.82. The lowest BCUT2D eigenvalue weighted by atomic mass is 9.99. The van der Waals surface area contributed by atoms with E-state index < -0.39 is 0 Å². The van der Waals surface area contributed by atoms with Gasteiger partial charge in [-0.15, -0.1) is 0 Å². The molecule has 0 aromatic carbocycles. The van der Waals surface area contributed by atoms with Gasteiger partial charge in [0.25, 0.3) is 0 Å². The quantitative estimate of drug-likeness (QED) is 0.629. The third-order valence-corrected chi connectivity index (χ3v) is 2.54. The molecule has 3 heteroatoms. The smallest absolute Gasteiger partial charge is 0.0471 e. The fourth-order valence-electron chi connectivity index (χ4n) is 1.82. The lowest BCUT2D eigenvalue weighted by Gasteiger charge is -2.31. The molecule has 1 fully saturated rings. The molecular formula is C9H20N2O. The van der Waals surface area contributed by atoms with Gasteiger partial charge < -0.3 is 15.7 Å². The molecule has 1 heterocycles. The number of aliphatic hydroxyl groups is 1. The van der Waals surface area contributed by atoms with E-state index in [0.29, 0.717) is 12.5 Å². The van der Waals surface area contributed by atoms with Crippen molar-refractivity contribution in [3.8, 4) is 0 Å². The van der Waals surface area contributed by atoms with Crippen LogP contribution in [0, 0.1) is 5.92 Å². The maximum atomic E-state index is 8.98. The Kier molecular flexibility index (Phi) is 4.58. The molecule has 72 valence electrons. The Balaban J connectivity index is 2.16. The third-order valence-electron chi connectivity index (χ3n) is 2.54. The molecular weight excluding hydrogens is 152 g/mol. The minimum atomic E-state index is 0.346. The van der Waals surface area contributed by atoms with Crippen LogP contribution in [0.25, 0.3) is 0 Å². The first-order valence-corrected chi connectivity index (χ1v) is 4.90. The van der Waals surface area contributed by atoms with Gasteiger partial charge >= 0.3 is 0 Å². The molecule has 0 aromatic heterocycles. The molecule has 0 aliphatic carbocycles. The van der Waals surface area contributed by atoms with Gasteiger partial charge in [-0.2, -0.15) is 0 Å². The van der Waals surface area contributed by atoms with E-state index in [1.807, 2.05) is 0 Å². The predicted octanol–water partition coefficient (Wildman–Crippen LogP) is 0.0395. The second-order valence-electron chi connectivity index (χ2n) is 3.63. The van der Waals surface area contributed by atoms with Gasteiger partial charge in [-0.1, -0.05) is 0 Å². The third kappa shape index (κ3) is 3.09. The van der Waals surface area contributed by atoms with Gasteiger partial charge in [0.1, 0.15) is 0 Å². The molecule has 0 unspecified atom stereocenters. The number of nitrogens with two attached hydrogens (primary N) is 1. The highest BCUT2D eigenvalue weighted by atomic mass is 16.3. The second-order valence-corrected chi connectivity index (χ2v) is 3.63. The normalized spacial score (nSPS) is 26.0. The van der Waals surface area contributed by atoms with E-state index in [0.717, 1.165) is 26.1 Å². The van der Waals surface area contributed by atoms with Gasteiger partial charge in [0, 0.05) is 13.2 Å². The molecule has 1 saturated heterocycles. The maximum absolute atomic E-state index is 8.98. The van der Waals surface area contributed by atoms with Crippen LogP contribution in [0.2, 0.25) is 0 Å². The summed E-state index contributed by atoms with van der Waals surface area (Å²) in [6, 6.07) is 0. The first-order chi connectivity index (χ1) is 5.86. The zero-order valence-corrected chi connectivity index (χ0v) is 7.71. The lowest BCUT2D eigenvalue weighted by molar-refractivity contribution is 0.120. The first-order valence-electron chi connectivity index (χ1n) is 4.90. The lowest BCUT2D eigenvalue weighted by Crippen LogP contribution is -2.37. The van der Waals surface area contributed by atoms with Gasteiger partial charge in [-0.05, 0) is 44.8 Å². The summed E-state index contributed by atoms with van der Waals surface area (Å²) >= 11 is 0. The van der Waals surface area contributed by atoms with Crippen LogP contribution in [0.15, 0.2) is 0 Å². The summed E-state index contributed by atoms with van der Waals surface area (Å²) in [5, 5.41) is 8.98. The number of nitrogens with zero attached hydrogens (tertiary/aromatic N) is 1. The van der Waals surface area contributed by atoms with Crippen LogP contribution in [0.5, 0.6) is 0 Å². The standard InChI is InChI=1S/C9H20N2O/c10-4-2-6-11-5-1-3-9(7-11)8-12/h9,12H,1-8,10H2/t9-/m0/s1. The number of likely N-dealkylation sites (tertiary alicyclic amines) is 1. The van der Waals surface area contributed by atoms with E-state index in [9.17, 15) is 0 Å². The Morgan fingerprint density at radius 2 is 2.33 bits per heavy atom. The Hall–Kier alpha value is -0.120. The fraction of sp³-hybridized carbons (Fsp3) is 1.00. The molecule has 0 saturated carbocycles. The van der Waals surface area contributed by atoms with Crippen LogP contribution in [-0.4, -0.2) is 42.8 Å². The number of piperidine rings is 1. The van der Waals surface area contributed by atoms with Gasteiger partial charge in [0.2, 0.25) is 0 Å². The van der Waals surface area contributed by atoms with E-state index in [2.05, 4.69) is 4.90 Å². The van der Waals surface area contributed by atoms with Gasteiger partial charge in [-0.3, -0.25) is 0 Å². The molecule has 0 aromatic rings. The molecule has 0 bridgehead atoms. The van der Waals surface area contributed by atoms with Crippen molar-refractivity contribution >= 4 is 0 Å². The molecule has 0 spiro atoms. The molecule has 1 atom stereocenters. The van der Waals surface area contributed by atoms with E-state index in [1.54, 1.807) is 0 Å². The average molecular weight is 172 g/mol. The van der Waals surface area contributed by atoms with Crippen molar-refractivity contribution < 1.29 is 5.11 Å². The Bertz CT molecular complexity index is 119. The molecule has 1 aliphatic heterocycles. The molecule has 3 nitrogen and oxygen atoms in total. The highest BCUT2D eigenvalue weighted by molar-refractivity contribution is 4.72. The largest absolute Gasteiger partial charge is 0.396 e. The minimum Gasteiger partial charge on any atom is -0.396 e. The van der Waals surface area contributed by atoms with Gasteiger partial charge in [-0.25, -0.2) is 0 Å². The molecule has 3 N–H and O–H groups in total. The van der Waals surface area contributed by atoms with E-state index in [4.69, 9.17) is 10.8 Å². The Morgan fingerprint density at radius 1 is 1.50 bits per heavy atom. The monoisotopic (exact) mass is 172 g/mol. The summed E-state index contributed by atoms with van der Waals surface area (Å²) in [6.07, 6.45) is 3.50. The summed E-state index contributed by atoms with van der Waals surface area (Å²) in [4.78, 5) is 2.41. The van der Waals surface area contributed by atoms with E-state index >= 15 is 0 Å². The van der Waals surface area contributed by atoms with Crippen molar-refractivity contribution in [1.29, 1.82) is 0 Å². The van der Waals surface area contributed by atoms with Crippen molar-refractivity contribution in [1.82, 2.24) is 4.90 Å². The summed E-state index contributed by atoms with van der Waals surface area (Å²) < 4.78 is 0. The number of hydrogen-bond donors (Lipinski definition) is 2. The summed E-state index contributed by atoms with van der Waals surface area (Å²) in [7, 11) is 0. The van der Waals surface area contributed by atoms with Gasteiger partial charge in [0.05, 0.1) is 0 Å². The molecule has 0 radical (unpaired) electrons. The number of hydrogen-bond acceptors (Lipinski definition) is 3. The van der Waals surface area contributed by atoms with Crippen molar-refractivity contribution in [2.75, 3.05) is 32.8 Å². The van der Waals surface area contributed by atoms with Gasteiger partial charge in [0.15, 0.2) is 0 Å². The summed E-state index contributed by atoms with van der Waals surface area (Å²) in [5.74, 6) is 0.511. The van der Waals surface area contributed by atoms with Crippen LogP contribution in [0.4, 0.5) is 0 Å². The second kappa shape index (κ2) is 5.51. The minimum absolute atomic E-state index is 0.346. The average Bonchev–Trinajstić information content (AvgIpc) is 2.15. The Labute approximate surface area is 74.5 Å². The zero-order valence-electron chi connectivity index (χ0n) is 7.71. The first kappa shape index (κ1) is 9.96.